The van der Waals surface area contributed by atoms with Crippen LogP contribution in [-0.4, -0.2) is 24.0 Å². The van der Waals surface area contributed by atoms with Gasteiger partial charge in [0, 0.05) is 19.5 Å². The molecule has 0 saturated heterocycles. The van der Waals surface area contributed by atoms with Crippen LogP contribution in [-0.2, 0) is 4.79 Å². The summed E-state index contributed by atoms with van der Waals surface area (Å²) in [5.74, 6) is 0.210. The van der Waals surface area contributed by atoms with Gasteiger partial charge in [0.15, 0.2) is 0 Å². The molecule has 1 amide bonds. The molecule has 0 atom stereocenters. The first-order chi connectivity index (χ1) is 15.7. The molecule has 0 aliphatic rings. The molecule has 1 N–H and O–H groups in total. The van der Waals surface area contributed by atoms with Crippen molar-refractivity contribution in [3.05, 3.63) is 0 Å². The minimum Gasteiger partial charge on any atom is -0.289 e. The van der Waals surface area contributed by atoms with Crippen LogP contribution in [0.25, 0.3) is 0 Å². The summed E-state index contributed by atoms with van der Waals surface area (Å²) < 4.78 is 0. The lowest BCUT2D eigenvalue weighted by molar-refractivity contribution is -0.126. The first kappa shape index (κ1) is 31.4. The highest BCUT2D eigenvalue weighted by Crippen LogP contribution is 2.14. The predicted molar refractivity (Wildman–Crippen MR) is 143 cm³/mol. The average Bonchev–Trinajstić information content (AvgIpc) is 2.79. The third kappa shape index (κ3) is 24.1. The van der Waals surface area contributed by atoms with E-state index >= 15 is 0 Å². The summed E-state index contributed by atoms with van der Waals surface area (Å²) in [4.78, 5) is 12.1. The second kappa shape index (κ2) is 26.7. The Hall–Kier alpha value is -0.570. The van der Waals surface area contributed by atoms with Crippen LogP contribution >= 0.6 is 0 Å². The number of hydrogen-bond acceptors (Lipinski definition) is 2. The molecule has 0 unspecified atom stereocenters. The smallest absolute Gasteiger partial charge is 0.234 e. The van der Waals surface area contributed by atoms with Gasteiger partial charge in [-0.15, -0.1) is 0 Å². The highest BCUT2D eigenvalue weighted by Gasteiger charge is 2.07. The van der Waals surface area contributed by atoms with Gasteiger partial charge in [-0.05, 0) is 19.3 Å². The molecule has 0 radical (unpaired) electrons. The van der Waals surface area contributed by atoms with Gasteiger partial charge < -0.3 is 0 Å². The van der Waals surface area contributed by atoms with Crippen molar-refractivity contribution >= 4 is 5.91 Å². The molecule has 0 aromatic rings. The number of carbonyl (C=O) groups excluding carboxylic acids is 1. The Balaban J connectivity index is 3.28. The molecular formula is C29H60N2O. The Morgan fingerprint density at radius 2 is 0.844 bits per heavy atom. The quantitative estimate of drug-likeness (QED) is 0.105. The second-order valence-electron chi connectivity index (χ2n) is 9.99. The summed E-state index contributed by atoms with van der Waals surface area (Å²) in [6, 6.07) is 0. The zero-order chi connectivity index (χ0) is 23.5. The van der Waals surface area contributed by atoms with Crippen molar-refractivity contribution in [1.29, 1.82) is 0 Å². The molecule has 0 aliphatic heterocycles. The number of nitrogens with zero attached hydrogens (tertiary/aromatic N) is 1. The Morgan fingerprint density at radius 1 is 0.469 bits per heavy atom. The monoisotopic (exact) mass is 452 g/mol. The van der Waals surface area contributed by atoms with Gasteiger partial charge in [0.2, 0.25) is 5.91 Å². The van der Waals surface area contributed by atoms with Gasteiger partial charge in [0.1, 0.15) is 0 Å². The van der Waals surface area contributed by atoms with Crippen molar-refractivity contribution < 1.29 is 4.79 Å². The third-order valence-electron chi connectivity index (χ3n) is 6.57. The fraction of sp³-hybridized carbons (Fsp3) is 0.966. The summed E-state index contributed by atoms with van der Waals surface area (Å²) in [6.07, 6.45) is 30.5. The average molecular weight is 453 g/mol. The number of nitrogens with one attached hydrogen (secondary N) is 1. The normalized spacial score (nSPS) is 11.4. The van der Waals surface area contributed by atoms with Gasteiger partial charge in [-0.2, -0.15) is 0 Å². The van der Waals surface area contributed by atoms with E-state index in [1.54, 1.807) is 0 Å². The van der Waals surface area contributed by atoms with Crippen LogP contribution in [0.15, 0.2) is 0 Å². The molecular weight excluding hydrogens is 392 g/mol. The van der Waals surface area contributed by atoms with Crippen LogP contribution in [0.2, 0.25) is 0 Å². The van der Waals surface area contributed by atoms with Crippen LogP contribution in [0.1, 0.15) is 168 Å². The molecule has 192 valence electrons. The zero-order valence-corrected chi connectivity index (χ0v) is 22.5. The molecule has 0 fully saturated rings. The van der Waals surface area contributed by atoms with Gasteiger partial charge >= 0.3 is 0 Å². The maximum absolute atomic E-state index is 12.1. The lowest BCUT2D eigenvalue weighted by Crippen LogP contribution is -2.43. The fourth-order valence-corrected chi connectivity index (χ4v) is 4.44. The van der Waals surface area contributed by atoms with Crippen molar-refractivity contribution in [3.63, 3.8) is 0 Å². The molecule has 0 bridgehead atoms. The van der Waals surface area contributed by atoms with E-state index in [0.717, 1.165) is 32.4 Å². The Bertz CT molecular complexity index is 372. The van der Waals surface area contributed by atoms with Gasteiger partial charge in [0.05, 0.1) is 0 Å². The molecule has 0 heterocycles. The Kier molecular flexibility index (Phi) is 26.2. The van der Waals surface area contributed by atoms with Gasteiger partial charge in [-0.1, -0.05) is 143 Å². The first-order valence-corrected chi connectivity index (χ1v) is 14.8. The van der Waals surface area contributed by atoms with Crippen molar-refractivity contribution in [1.82, 2.24) is 10.4 Å². The minimum absolute atomic E-state index is 0.210. The van der Waals surface area contributed by atoms with E-state index in [1.807, 2.05) is 0 Å². The van der Waals surface area contributed by atoms with Crippen LogP contribution in [0, 0.1) is 0 Å². The fourth-order valence-electron chi connectivity index (χ4n) is 4.44. The molecule has 0 saturated carbocycles. The number of rotatable bonds is 26. The lowest BCUT2D eigenvalue weighted by atomic mass is 10.0. The second-order valence-corrected chi connectivity index (χ2v) is 9.99. The number of carbonyl (C=O) groups is 1. The maximum Gasteiger partial charge on any atom is 0.234 e. The van der Waals surface area contributed by atoms with E-state index in [0.29, 0.717) is 6.42 Å². The van der Waals surface area contributed by atoms with E-state index in [4.69, 9.17) is 0 Å². The molecule has 0 aromatic heterocycles. The minimum atomic E-state index is 0.210. The SMILES string of the molecule is CCCCCCCCCCCCCCCCCCCCCC(=O)NN(CCC)CCCC. The van der Waals surface area contributed by atoms with Gasteiger partial charge in [0.25, 0.3) is 0 Å². The number of unbranched alkanes of at least 4 members (excludes halogenated alkanes) is 19. The molecule has 3 heteroatoms. The molecule has 3 nitrogen and oxygen atoms in total. The van der Waals surface area contributed by atoms with E-state index in [2.05, 4.69) is 31.2 Å². The first-order valence-electron chi connectivity index (χ1n) is 14.8. The summed E-state index contributed by atoms with van der Waals surface area (Å²) in [5, 5.41) is 2.11. The van der Waals surface area contributed by atoms with Crippen LogP contribution < -0.4 is 5.43 Å². The summed E-state index contributed by atoms with van der Waals surface area (Å²) in [7, 11) is 0. The maximum atomic E-state index is 12.1. The topological polar surface area (TPSA) is 32.3 Å². The number of hydrazine groups is 1. The van der Waals surface area contributed by atoms with E-state index in [9.17, 15) is 4.79 Å². The molecule has 0 rings (SSSR count). The summed E-state index contributed by atoms with van der Waals surface area (Å²) >= 11 is 0. The lowest BCUT2D eigenvalue weighted by Gasteiger charge is -2.22. The van der Waals surface area contributed by atoms with Gasteiger partial charge in [-0.25, -0.2) is 5.01 Å². The Morgan fingerprint density at radius 3 is 1.22 bits per heavy atom. The van der Waals surface area contributed by atoms with Crippen molar-refractivity contribution in [3.8, 4) is 0 Å². The third-order valence-corrected chi connectivity index (χ3v) is 6.57. The van der Waals surface area contributed by atoms with Crippen molar-refractivity contribution in [2.45, 2.75) is 168 Å². The van der Waals surface area contributed by atoms with E-state index in [-0.39, 0.29) is 5.91 Å². The summed E-state index contributed by atoms with van der Waals surface area (Å²) in [6.45, 7) is 8.61. The Labute approximate surface area is 202 Å². The highest BCUT2D eigenvalue weighted by molar-refractivity contribution is 5.75. The molecule has 32 heavy (non-hydrogen) atoms. The predicted octanol–water partition coefficient (Wildman–Crippen LogP) is 9.35. The molecule has 0 aliphatic carbocycles. The summed E-state index contributed by atoms with van der Waals surface area (Å²) in [5.41, 5.74) is 3.11. The highest BCUT2D eigenvalue weighted by atomic mass is 16.2. The van der Waals surface area contributed by atoms with Crippen LogP contribution in [0.5, 0.6) is 0 Å². The zero-order valence-electron chi connectivity index (χ0n) is 22.5. The van der Waals surface area contributed by atoms with E-state index in [1.165, 1.54) is 122 Å². The van der Waals surface area contributed by atoms with Crippen LogP contribution in [0.3, 0.4) is 0 Å². The number of hydrogen-bond donors (Lipinski definition) is 1. The molecule has 0 spiro atoms. The largest absolute Gasteiger partial charge is 0.289 e. The standard InChI is InChI=1S/C29H60N2O/c1-4-7-9-10-11-12-13-14-15-16-17-18-19-20-21-22-23-24-25-26-29(32)30-31(27-6-3)28-8-5-2/h4-28H2,1-3H3,(H,30,32). The van der Waals surface area contributed by atoms with Crippen LogP contribution in [0.4, 0.5) is 0 Å². The van der Waals surface area contributed by atoms with Gasteiger partial charge in [-0.3, -0.25) is 10.2 Å². The molecule has 0 aromatic carbocycles. The van der Waals surface area contributed by atoms with E-state index < -0.39 is 0 Å². The van der Waals surface area contributed by atoms with Crippen molar-refractivity contribution in [2.75, 3.05) is 13.1 Å². The number of amides is 1. The van der Waals surface area contributed by atoms with Crippen molar-refractivity contribution in [2.24, 2.45) is 0 Å².